The molecule has 1 heterocycles. The van der Waals surface area contributed by atoms with E-state index in [4.69, 9.17) is 4.74 Å². The Labute approximate surface area is 182 Å². The highest BCUT2D eigenvalue weighted by atomic mass is 16.5. The summed E-state index contributed by atoms with van der Waals surface area (Å²) in [5.41, 5.74) is 0.945. The van der Waals surface area contributed by atoms with E-state index in [1.807, 2.05) is 47.4 Å². The molecule has 166 valence electrons. The minimum Gasteiger partial charge on any atom is -0.383 e. The molecule has 1 saturated heterocycles. The molecule has 0 bridgehead atoms. The van der Waals surface area contributed by atoms with Crippen molar-refractivity contribution in [2.45, 2.75) is 6.42 Å². The molecule has 0 saturated carbocycles. The van der Waals surface area contributed by atoms with Gasteiger partial charge in [-0.05, 0) is 16.3 Å². The number of nitrogens with one attached hydrogen (secondary N) is 2. The molecule has 3 rings (SSSR count). The smallest absolute Gasteiger partial charge is 0.242 e. The van der Waals surface area contributed by atoms with Crippen molar-refractivity contribution in [3.05, 3.63) is 48.0 Å². The zero-order chi connectivity index (χ0) is 22.1. The van der Waals surface area contributed by atoms with Gasteiger partial charge >= 0.3 is 0 Å². The summed E-state index contributed by atoms with van der Waals surface area (Å²) in [6, 6.07) is 13.8. The molecular weight excluding hydrogens is 396 g/mol. The van der Waals surface area contributed by atoms with Gasteiger partial charge in [-0.1, -0.05) is 42.5 Å². The number of nitrogens with zero attached hydrogens (tertiary/aromatic N) is 2. The second-order valence-electron chi connectivity index (χ2n) is 7.59. The molecule has 3 amide bonds. The van der Waals surface area contributed by atoms with Crippen molar-refractivity contribution < 1.29 is 19.1 Å². The molecule has 8 nitrogen and oxygen atoms in total. The van der Waals surface area contributed by atoms with Gasteiger partial charge < -0.3 is 20.3 Å². The van der Waals surface area contributed by atoms with Crippen molar-refractivity contribution >= 4 is 28.5 Å². The number of benzene rings is 2. The molecule has 1 aliphatic heterocycles. The number of hydrogen-bond donors (Lipinski definition) is 2. The maximum Gasteiger partial charge on any atom is 0.242 e. The maximum absolute atomic E-state index is 12.5. The van der Waals surface area contributed by atoms with E-state index in [9.17, 15) is 14.4 Å². The third-order valence-corrected chi connectivity index (χ3v) is 5.39. The van der Waals surface area contributed by atoms with Crippen LogP contribution >= 0.6 is 0 Å². The van der Waals surface area contributed by atoms with E-state index in [1.165, 1.54) is 0 Å². The summed E-state index contributed by atoms with van der Waals surface area (Å²) >= 11 is 0. The number of methoxy groups -OCH3 is 1. The molecule has 2 N–H and O–H groups in total. The summed E-state index contributed by atoms with van der Waals surface area (Å²) in [5, 5.41) is 7.68. The fourth-order valence-corrected chi connectivity index (χ4v) is 3.68. The van der Waals surface area contributed by atoms with Crippen LogP contribution in [0.3, 0.4) is 0 Å². The monoisotopic (exact) mass is 426 g/mol. The maximum atomic E-state index is 12.5. The van der Waals surface area contributed by atoms with Crippen molar-refractivity contribution in [1.29, 1.82) is 0 Å². The molecule has 0 aliphatic carbocycles. The second kappa shape index (κ2) is 11.4. The highest BCUT2D eigenvalue weighted by molar-refractivity contribution is 5.91. The lowest BCUT2D eigenvalue weighted by Crippen LogP contribution is -2.53. The Morgan fingerprint density at radius 1 is 0.935 bits per heavy atom. The normalized spacial score (nSPS) is 14.4. The first-order valence-corrected chi connectivity index (χ1v) is 10.6. The Morgan fingerprint density at radius 3 is 2.45 bits per heavy atom. The van der Waals surface area contributed by atoms with Gasteiger partial charge in [-0.3, -0.25) is 19.3 Å². The van der Waals surface area contributed by atoms with Gasteiger partial charge in [-0.15, -0.1) is 0 Å². The fourth-order valence-electron chi connectivity index (χ4n) is 3.68. The number of carbonyl (C=O) groups is 3. The summed E-state index contributed by atoms with van der Waals surface area (Å²) in [5.74, 6) is -0.316. The number of amides is 3. The molecule has 1 aliphatic rings. The third kappa shape index (κ3) is 6.77. The van der Waals surface area contributed by atoms with Crippen LogP contribution in [0, 0.1) is 0 Å². The summed E-state index contributed by atoms with van der Waals surface area (Å²) in [6.07, 6.45) is 0.237. The van der Waals surface area contributed by atoms with Gasteiger partial charge in [0.2, 0.25) is 17.7 Å². The highest BCUT2D eigenvalue weighted by Crippen LogP contribution is 2.18. The van der Waals surface area contributed by atoms with Gasteiger partial charge in [0.1, 0.15) is 0 Å². The number of fused-ring (bicyclic) bond motifs is 1. The Bertz CT molecular complexity index is 904. The molecule has 0 unspecified atom stereocenters. The first-order chi connectivity index (χ1) is 15.1. The molecule has 2 aromatic rings. The van der Waals surface area contributed by atoms with Gasteiger partial charge in [0, 0.05) is 39.8 Å². The standard InChI is InChI=1S/C23H30N4O4/c1-31-14-9-24-22(29)17-26-10-12-27(13-11-26)23(30)16-25-21(28)15-19-7-4-6-18-5-2-3-8-20(18)19/h2-8H,9-17H2,1H3,(H,24,29)(H,25,28). The molecule has 1 fully saturated rings. The van der Waals surface area contributed by atoms with Crippen molar-refractivity contribution in [3.63, 3.8) is 0 Å². The predicted octanol–water partition coefficient (Wildman–Crippen LogP) is 0.405. The SMILES string of the molecule is COCCNC(=O)CN1CCN(C(=O)CNC(=O)Cc2cccc3ccccc23)CC1. The molecular formula is C23H30N4O4. The average molecular weight is 427 g/mol. The molecule has 31 heavy (non-hydrogen) atoms. The van der Waals surface area contributed by atoms with Crippen molar-refractivity contribution in [3.8, 4) is 0 Å². The van der Waals surface area contributed by atoms with Gasteiger partial charge in [0.15, 0.2) is 0 Å². The van der Waals surface area contributed by atoms with Crippen molar-refractivity contribution in [1.82, 2.24) is 20.4 Å². The van der Waals surface area contributed by atoms with Crippen LogP contribution in [0.2, 0.25) is 0 Å². The number of piperazine rings is 1. The van der Waals surface area contributed by atoms with Gasteiger partial charge in [0.05, 0.1) is 26.1 Å². The van der Waals surface area contributed by atoms with E-state index in [-0.39, 0.29) is 30.7 Å². The predicted molar refractivity (Wildman–Crippen MR) is 119 cm³/mol. The van der Waals surface area contributed by atoms with Crippen molar-refractivity contribution in [2.75, 3.05) is 59.5 Å². The van der Waals surface area contributed by atoms with Crippen LogP contribution in [0.4, 0.5) is 0 Å². The molecule has 0 spiro atoms. The topological polar surface area (TPSA) is 91.0 Å². The van der Waals surface area contributed by atoms with E-state index in [0.29, 0.717) is 45.9 Å². The second-order valence-corrected chi connectivity index (χ2v) is 7.59. The fraction of sp³-hybridized carbons (Fsp3) is 0.435. The zero-order valence-corrected chi connectivity index (χ0v) is 17.9. The Morgan fingerprint density at radius 2 is 1.68 bits per heavy atom. The summed E-state index contributed by atoms with van der Waals surface area (Å²) < 4.78 is 4.91. The van der Waals surface area contributed by atoms with Crippen LogP contribution in [-0.2, 0) is 25.5 Å². The average Bonchev–Trinajstić information content (AvgIpc) is 2.78. The molecule has 0 atom stereocenters. The number of ether oxygens (including phenoxy) is 1. The minimum absolute atomic E-state index is 0.0128. The first kappa shape index (κ1) is 22.7. The lowest BCUT2D eigenvalue weighted by molar-refractivity contribution is -0.134. The van der Waals surface area contributed by atoms with Gasteiger partial charge in [-0.25, -0.2) is 0 Å². The van der Waals surface area contributed by atoms with Crippen LogP contribution in [0.1, 0.15) is 5.56 Å². The largest absolute Gasteiger partial charge is 0.383 e. The molecule has 2 aromatic carbocycles. The Kier molecular flexibility index (Phi) is 8.37. The zero-order valence-electron chi connectivity index (χ0n) is 17.9. The summed E-state index contributed by atoms with van der Waals surface area (Å²) in [4.78, 5) is 40.5. The van der Waals surface area contributed by atoms with Crippen molar-refractivity contribution in [2.24, 2.45) is 0 Å². The quantitative estimate of drug-likeness (QED) is 0.567. The van der Waals surface area contributed by atoms with E-state index in [0.717, 1.165) is 16.3 Å². The Balaban J connectivity index is 1.39. The summed E-state index contributed by atoms with van der Waals surface area (Å²) in [7, 11) is 1.59. The van der Waals surface area contributed by atoms with E-state index < -0.39 is 0 Å². The number of carbonyl (C=O) groups excluding carboxylic acids is 3. The lowest BCUT2D eigenvalue weighted by atomic mass is 10.0. The third-order valence-electron chi connectivity index (χ3n) is 5.39. The molecule has 0 aromatic heterocycles. The van der Waals surface area contributed by atoms with Gasteiger partial charge in [-0.2, -0.15) is 0 Å². The van der Waals surface area contributed by atoms with E-state index in [2.05, 4.69) is 10.6 Å². The van der Waals surface area contributed by atoms with Crippen LogP contribution in [-0.4, -0.2) is 87.1 Å². The highest BCUT2D eigenvalue weighted by Gasteiger charge is 2.22. The summed E-state index contributed by atoms with van der Waals surface area (Å²) in [6.45, 7) is 3.63. The first-order valence-electron chi connectivity index (χ1n) is 10.6. The molecule has 8 heteroatoms. The molecule has 0 radical (unpaired) electrons. The number of rotatable bonds is 9. The van der Waals surface area contributed by atoms with Crippen LogP contribution in [0.5, 0.6) is 0 Å². The lowest BCUT2D eigenvalue weighted by Gasteiger charge is -2.34. The van der Waals surface area contributed by atoms with E-state index in [1.54, 1.807) is 12.0 Å². The van der Waals surface area contributed by atoms with Crippen LogP contribution in [0.15, 0.2) is 42.5 Å². The minimum atomic E-state index is -0.170. The van der Waals surface area contributed by atoms with Crippen LogP contribution in [0.25, 0.3) is 10.8 Å². The van der Waals surface area contributed by atoms with Gasteiger partial charge in [0.25, 0.3) is 0 Å². The van der Waals surface area contributed by atoms with E-state index >= 15 is 0 Å². The Hall–Kier alpha value is -2.97. The van der Waals surface area contributed by atoms with Crippen LogP contribution < -0.4 is 10.6 Å². The number of hydrogen-bond acceptors (Lipinski definition) is 5.